The highest BCUT2D eigenvalue weighted by atomic mass is 31.2. The summed E-state index contributed by atoms with van der Waals surface area (Å²) in [5.41, 5.74) is -0.150. The molecule has 1 saturated heterocycles. The fourth-order valence-electron chi connectivity index (χ4n) is 1.00. The van der Waals surface area contributed by atoms with Gasteiger partial charge in [0, 0.05) is 5.41 Å². The van der Waals surface area contributed by atoms with Gasteiger partial charge in [-0.2, -0.15) is 0 Å². The normalized spacial score (nSPS) is 24.9. The molecule has 1 fully saturated rings. The first kappa shape index (κ1) is 12.6. The van der Waals surface area contributed by atoms with Crippen LogP contribution in [0.5, 0.6) is 0 Å². The molecule has 0 spiro atoms. The zero-order chi connectivity index (χ0) is 11.5. The molecule has 0 atom stereocenters. The standard InChI is InChI=1S/C9H17O5P/c1-4-12-8(10)5-15(11)13-6-9(2,3)7-14-15/h5,10H,4,6-7H2,1-3H3/b8-5+. The van der Waals surface area contributed by atoms with E-state index in [9.17, 15) is 9.67 Å². The lowest BCUT2D eigenvalue weighted by molar-refractivity contribution is 0.0434. The topological polar surface area (TPSA) is 65.0 Å². The number of hydrogen-bond donors (Lipinski definition) is 1. The quantitative estimate of drug-likeness (QED) is 0.602. The van der Waals surface area contributed by atoms with Crippen LogP contribution in [0, 0.1) is 5.41 Å². The van der Waals surface area contributed by atoms with Crippen molar-refractivity contribution in [3.05, 3.63) is 11.8 Å². The van der Waals surface area contributed by atoms with Crippen LogP contribution in [0.15, 0.2) is 11.8 Å². The monoisotopic (exact) mass is 236 g/mol. The van der Waals surface area contributed by atoms with Gasteiger partial charge in [0.2, 0.25) is 0 Å². The van der Waals surface area contributed by atoms with E-state index in [1.165, 1.54) is 0 Å². The molecule has 0 aromatic carbocycles. The summed E-state index contributed by atoms with van der Waals surface area (Å²) in [6.07, 6.45) is 0. The van der Waals surface area contributed by atoms with Crippen molar-refractivity contribution in [3.63, 3.8) is 0 Å². The van der Waals surface area contributed by atoms with E-state index in [-0.39, 0.29) is 5.41 Å². The number of ether oxygens (including phenoxy) is 1. The minimum Gasteiger partial charge on any atom is -0.481 e. The van der Waals surface area contributed by atoms with Crippen molar-refractivity contribution in [2.45, 2.75) is 20.8 Å². The SMILES string of the molecule is CCO/C(O)=C/P1(=O)OCC(C)(C)CO1. The predicted octanol–water partition coefficient (Wildman–Crippen LogP) is 2.65. The molecule has 6 heteroatoms. The highest BCUT2D eigenvalue weighted by Crippen LogP contribution is 2.55. The molecule has 0 unspecified atom stereocenters. The summed E-state index contributed by atoms with van der Waals surface area (Å²) in [7, 11) is -3.32. The van der Waals surface area contributed by atoms with Crippen LogP contribution in [0.2, 0.25) is 0 Å². The summed E-state index contributed by atoms with van der Waals surface area (Å²) in [5.74, 6) is 0.590. The first-order valence-electron chi connectivity index (χ1n) is 4.80. The second kappa shape index (κ2) is 4.56. The predicted molar refractivity (Wildman–Crippen MR) is 55.6 cm³/mol. The van der Waals surface area contributed by atoms with Crippen molar-refractivity contribution in [3.8, 4) is 0 Å². The summed E-state index contributed by atoms with van der Waals surface area (Å²) in [4.78, 5) is 0. The molecule has 5 nitrogen and oxygen atoms in total. The molecule has 1 aliphatic rings. The third-order valence-electron chi connectivity index (χ3n) is 1.83. The Bertz CT molecular complexity index is 283. The molecule has 15 heavy (non-hydrogen) atoms. The van der Waals surface area contributed by atoms with Crippen LogP contribution in [0.4, 0.5) is 0 Å². The van der Waals surface area contributed by atoms with E-state index in [0.717, 1.165) is 5.82 Å². The van der Waals surface area contributed by atoms with Crippen LogP contribution >= 0.6 is 7.60 Å². The molecule has 1 aliphatic heterocycles. The van der Waals surface area contributed by atoms with Gasteiger partial charge in [0.1, 0.15) is 5.82 Å². The molecule has 0 amide bonds. The summed E-state index contributed by atoms with van der Waals surface area (Å²) in [6.45, 7) is 6.57. The minimum absolute atomic E-state index is 0.150. The Morgan fingerprint density at radius 1 is 1.53 bits per heavy atom. The molecule has 88 valence electrons. The number of rotatable bonds is 3. The average molecular weight is 236 g/mol. The number of hydrogen-bond acceptors (Lipinski definition) is 5. The Morgan fingerprint density at radius 3 is 2.53 bits per heavy atom. The van der Waals surface area contributed by atoms with Gasteiger partial charge in [-0.05, 0) is 6.92 Å². The fraction of sp³-hybridized carbons (Fsp3) is 0.778. The third kappa shape index (κ3) is 3.86. The molecule has 0 aliphatic carbocycles. The number of aliphatic hydroxyl groups is 1. The second-order valence-corrected chi connectivity index (χ2v) is 6.01. The van der Waals surface area contributed by atoms with Crippen LogP contribution in [-0.4, -0.2) is 24.9 Å². The Kier molecular flexibility index (Phi) is 3.82. The Hall–Kier alpha value is -0.510. The highest BCUT2D eigenvalue weighted by Gasteiger charge is 2.35. The maximum Gasteiger partial charge on any atom is 0.361 e. The molecule has 1 N–H and O–H groups in total. The van der Waals surface area contributed by atoms with E-state index in [4.69, 9.17) is 13.8 Å². The first-order valence-corrected chi connectivity index (χ1v) is 6.41. The van der Waals surface area contributed by atoms with Crippen LogP contribution < -0.4 is 0 Å². The van der Waals surface area contributed by atoms with Crippen LogP contribution in [0.25, 0.3) is 0 Å². The van der Waals surface area contributed by atoms with Crippen molar-refractivity contribution < 1.29 is 23.5 Å². The summed E-state index contributed by atoms with van der Waals surface area (Å²) in [5, 5.41) is 9.20. The summed E-state index contributed by atoms with van der Waals surface area (Å²) >= 11 is 0. The Morgan fingerprint density at radius 2 is 2.07 bits per heavy atom. The highest BCUT2D eigenvalue weighted by molar-refractivity contribution is 7.57. The molecule has 0 saturated carbocycles. The lowest BCUT2D eigenvalue weighted by atomic mass is 9.97. The summed E-state index contributed by atoms with van der Waals surface area (Å²) in [6, 6.07) is 0. The molecule has 0 bridgehead atoms. The average Bonchev–Trinajstić information content (AvgIpc) is 2.12. The second-order valence-electron chi connectivity index (χ2n) is 4.15. The zero-order valence-electron chi connectivity index (χ0n) is 9.23. The van der Waals surface area contributed by atoms with Crippen molar-refractivity contribution in [1.29, 1.82) is 0 Å². The minimum atomic E-state index is -3.32. The van der Waals surface area contributed by atoms with E-state index in [1.807, 2.05) is 13.8 Å². The third-order valence-corrected chi connectivity index (χ3v) is 3.35. The molecular weight excluding hydrogens is 219 g/mol. The van der Waals surface area contributed by atoms with Gasteiger partial charge in [0.15, 0.2) is 0 Å². The van der Waals surface area contributed by atoms with Crippen molar-refractivity contribution in [1.82, 2.24) is 0 Å². The molecular formula is C9H17O5P. The van der Waals surface area contributed by atoms with Gasteiger partial charge in [-0.1, -0.05) is 13.8 Å². The fourth-order valence-corrected chi connectivity index (χ4v) is 2.63. The van der Waals surface area contributed by atoms with Crippen molar-refractivity contribution >= 4 is 7.60 Å². The molecule has 1 rings (SSSR count). The van der Waals surface area contributed by atoms with E-state index in [0.29, 0.717) is 19.8 Å². The van der Waals surface area contributed by atoms with Crippen molar-refractivity contribution in [2.24, 2.45) is 5.41 Å². The summed E-state index contributed by atoms with van der Waals surface area (Å²) < 4.78 is 26.8. The van der Waals surface area contributed by atoms with Gasteiger partial charge >= 0.3 is 7.60 Å². The van der Waals surface area contributed by atoms with Crippen LogP contribution in [0.3, 0.4) is 0 Å². The Labute approximate surface area is 89.6 Å². The van der Waals surface area contributed by atoms with Gasteiger partial charge in [0.05, 0.1) is 19.8 Å². The molecule has 0 radical (unpaired) electrons. The van der Waals surface area contributed by atoms with Crippen LogP contribution in [-0.2, 0) is 18.3 Å². The van der Waals surface area contributed by atoms with E-state index >= 15 is 0 Å². The zero-order valence-corrected chi connectivity index (χ0v) is 10.1. The molecule has 0 aromatic heterocycles. The lowest BCUT2D eigenvalue weighted by Crippen LogP contribution is -2.29. The van der Waals surface area contributed by atoms with Crippen molar-refractivity contribution in [2.75, 3.05) is 19.8 Å². The lowest BCUT2D eigenvalue weighted by Gasteiger charge is -2.32. The van der Waals surface area contributed by atoms with E-state index < -0.39 is 13.5 Å². The first-order chi connectivity index (χ1) is 6.87. The van der Waals surface area contributed by atoms with E-state index in [1.54, 1.807) is 6.92 Å². The van der Waals surface area contributed by atoms with Gasteiger partial charge < -0.3 is 18.9 Å². The largest absolute Gasteiger partial charge is 0.481 e. The van der Waals surface area contributed by atoms with Gasteiger partial charge in [-0.25, -0.2) is 0 Å². The number of aliphatic hydroxyl groups excluding tert-OH is 1. The molecule has 0 aromatic rings. The molecule has 1 heterocycles. The van der Waals surface area contributed by atoms with Gasteiger partial charge in [0.25, 0.3) is 5.95 Å². The maximum atomic E-state index is 11.8. The smallest absolute Gasteiger partial charge is 0.361 e. The maximum absolute atomic E-state index is 11.8. The van der Waals surface area contributed by atoms with Crippen LogP contribution in [0.1, 0.15) is 20.8 Å². The Balaban J connectivity index is 2.63. The van der Waals surface area contributed by atoms with E-state index in [2.05, 4.69) is 0 Å². The van der Waals surface area contributed by atoms with Gasteiger partial charge in [-0.3, -0.25) is 4.57 Å². The van der Waals surface area contributed by atoms with Gasteiger partial charge in [-0.15, -0.1) is 0 Å².